The van der Waals surface area contributed by atoms with Gasteiger partial charge in [-0.05, 0) is 52.5 Å². The highest BCUT2D eigenvalue weighted by atomic mass is 16.5. The molecule has 0 saturated heterocycles. The number of unbranched alkanes of at least 4 members (excludes halogenated alkanes) is 4. The molecule has 1 aliphatic rings. The zero-order valence-electron chi connectivity index (χ0n) is 15.6. The van der Waals surface area contributed by atoms with Gasteiger partial charge < -0.3 is 9.47 Å². The van der Waals surface area contributed by atoms with Crippen molar-refractivity contribution in [3.8, 4) is 0 Å². The van der Waals surface area contributed by atoms with E-state index < -0.39 is 0 Å². The molecular weight excluding hydrogens is 288 g/mol. The SMILES string of the molecule is CCOC(C)CCCCCCCC1=C[C@H](C(C)OCC)CC1=O. The summed E-state index contributed by atoms with van der Waals surface area (Å²) in [6.45, 7) is 9.82. The van der Waals surface area contributed by atoms with E-state index in [1.807, 2.05) is 6.92 Å². The number of carbonyl (C=O) groups is 1. The first-order chi connectivity index (χ1) is 11.1. The fourth-order valence-corrected chi connectivity index (χ4v) is 3.31. The Labute approximate surface area is 142 Å². The van der Waals surface area contributed by atoms with Crippen molar-refractivity contribution in [2.75, 3.05) is 13.2 Å². The van der Waals surface area contributed by atoms with E-state index in [2.05, 4.69) is 26.8 Å². The van der Waals surface area contributed by atoms with Crippen molar-refractivity contribution in [1.29, 1.82) is 0 Å². The molecule has 3 heteroatoms. The second-order valence-corrected chi connectivity index (χ2v) is 6.72. The zero-order valence-corrected chi connectivity index (χ0v) is 15.6. The van der Waals surface area contributed by atoms with Crippen molar-refractivity contribution >= 4 is 5.78 Å². The van der Waals surface area contributed by atoms with Gasteiger partial charge in [0.15, 0.2) is 5.78 Å². The summed E-state index contributed by atoms with van der Waals surface area (Å²) in [5.41, 5.74) is 1.05. The van der Waals surface area contributed by atoms with Crippen molar-refractivity contribution in [3.63, 3.8) is 0 Å². The molecule has 0 heterocycles. The predicted molar refractivity (Wildman–Crippen MR) is 95.7 cm³/mol. The van der Waals surface area contributed by atoms with E-state index in [-0.39, 0.29) is 12.0 Å². The summed E-state index contributed by atoms with van der Waals surface area (Å²) in [6, 6.07) is 0. The molecule has 0 radical (unpaired) electrons. The number of Topliss-reactive ketones (excluding diaryl/α,β-unsaturated/α-hetero) is 1. The average molecular weight is 325 g/mol. The standard InChI is InChI=1S/C20H36O3/c1-5-22-16(3)12-10-8-7-9-11-13-18-14-19(15-20(18)21)17(4)23-6-2/h14,16-17,19H,5-13,15H2,1-4H3/t16?,17?,19-/m0/s1. The molecule has 0 aromatic heterocycles. The van der Waals surface area contributed by atoms with Crippen LogP contribution < -0.4 is 0 Å². The number of hydrogen-bond acceptors (Lipinski definition) is 3. The fraction of sp³-hybridized carbons (Fsp3) is 0.850. The molecule has 134 valence electrons. The first kappa shape index (κ1) is 20.4. The molecule has 23 heavy (non-hydrogen) atoms. The third-order valence-corrected chi connectivity index (χ3v) is 4.73. The minimum atomic E-state index is 0.161. The number of carbonyl (C=O) groups excluding carboxylic acids is 1. The highest BCUT2D eigenvalue weighted by molar-refractivity contribution is 5.98. The Kier molecular flexibility index (Phi) is 10.5. The van der Waals surface area contributed by atoms with Crippen LogP contribution in [0, 0.1) is 5.92 Å². The maximum Gasteiger partial charge on any atom is 0.159 e. The maximum atomic E-state index is 12.1. The molecule has 0 amide bonds. The summed E-state index contributed by atoms with van der Waals surface area (Å²) in [7, 11) is 0. The monoisotopic (exact) mass is 324 g/mol. The maximum absolute atomic E-state index is 12.1. The number of ether oxygens (including phenoxy) is 2. The van der Waals surface area contributed by atoms with Gasteiger partial charge >= 0.3 is 0 Å². The number of rotatable bonds is 13. The second-order valence-electron chi connectivity index (χ2n) is 6.72. The van der Waals surface area contributed by atoms with Crippen molar-refractivity contribution in [2.45, 2.75) is 91.3 Å². The normalized spacial score (nSPS) is 20.6. The third kappa shape index (κ3) is 8.12. The molecule has 0 saturated carbocycles. The lowest BCUT2D eigenvalue weighted by Gasteiger charge is -2.16. The van der Waals surface area contributed by atoms with E-state index in [1.54, 1.807) is 0 Å². The lowest BCUT2D eigenvalue weighted by Crippen LogP contribution is -2.18. The first-order valence-electron chi connectivity index (χ1n) is 9.55. The van der Waals surface area contributed by atoms with Gasteiger partial charge in [-0.1, -0.05) is 31.8 Å². The Balaban J connectivity index is 2.11. The summed E-state index contributed by atoms with van der Waals surface area (Å²) in [5.74, 6) is 0.629. The zero-order chi connectivity index (χ0) is 17.1. The van der Waals surface area contributed by atoms with Crippen molar-refractivity contribution in [3.05, 3.63) is 11.6 Å². The van der Waals surface area contributed by atoms with Crippen LogP contribution in [0.15, 0.2) is 11.6 Å². The minimum Gasteiger partial charge on any atom is -0.379 e. The quantitative estimate of drug-likeness (QED) is 0.443. The molecule has 0 aliphatic heterocycles. The largest absolute Gasteiger partial charge is 0.379 e. The van der Waals surface area contributed by atoms with Crippen LogP contribution in [0.5, 0.6) is 0 Å². The summed E-state index contributed by atoms with van der Waals surface area (Å²) < 4.78 is 11.2. The van der Waals surface area contributed by atoms with Gasteiger partial charge in [-0.2, -0.15) is 0 Å². The van der Waals surface area contributed by atoms with Gasteiger partial charge in [0.25, 0.3) is 0 Å². The summed E-state index contributed by atoms with van der Waals surface area (Å²) in [5, 5.41) is 0. The molecule has 0 bridgehead atoms. The van der Waals surface area contributed by atoms with Crippen LogP contribution in [0.2, 0.25) is 0 Å². The first-order valence-corrected chi connectivity index (χ1v) is 9.55. The van der Waals surface area contributed by atoms with E-state index in [0.717, 1.165) is 38.0 Å². The smallest absolute Gasteiger partial charge is 0.159 e. The van der Waals surface area contributed by atoms with Crippen LogP contribution in [0.1, 0.15) is 79.1 Å². The summed E-state index contributed by atoms with van der Waals surface area (Å²) >= 11 is 0. The van der Waals surface area contributed by atoms with Crippen LogP contribution in [0.4, 0.5) is 0 Å². The van der Waals surface area contributed by atoms with E-state index in [4.69, 9.17) is 9.47 Å². The Morgan fingerprint density at radius 1 is 1.04 bits per heavy atom. The molecule has 3 atom stereocenters. The lowest BCUT2D eigenvalue weighted by atomic mass is 10.0. The Morgan fingerprint density at radius 2 is 1.70 bits per heavy atom. The van der Waals surface area contributed by atoms with Crippen LogP contribution in [0.25, 0.3) is 0 Å². The van der Waals surface area contributed by atoms with Crippen LogP contribution in [-0.4, -0.2) is 31.2 Å². The van der Waals surface area contributed by atoms with Gasteiger partial charge in [0.2, 0.25) is 0 Å². The van der Waals surface area contributed by atoms with Crippen LogP contribution >= 0.6 is 0 Å². The fourth-order valence-electron chi connectivity index (χ4n) is 3.31. The molecule has 2 unspecified atom stereocenters. The summed E-state index contributed by atoms with van der Waals surface area (Å²) in [4.78, 5) is 12.1. The van der Waals surface area contributed by atoms with Gasteiger partial charge in [0.05, 0.1) is 12.2 Å². The minimum absolute atomic E-state index is 0.161. The summed E-state index contributed by atoms with van der Waals surface area (Å²) in [6.07, 6.45) is 11.6. The average Bonchev–Trinajstić information content (AvgIpc) is 2.88. The van der Waals surface area contributed by atoms with Gasteiger partial charge in [0.1, 0.15) is 0 Å². The Bertz CT molecular complexity index is 362. The second kappa shape index (κ2) is 11.8. The third-order valence-electron chi connectivity index (χ3n) is 4.73. The molecule has 0 fully saturated rings. The van der Waals surface area contributed by atoms with E-state index in [0.29, 0.717) is 18.3 Å². The molecule has 0 N–H and O–H groups in total. The Hall–Kier alpha value is -0.670. The number of allylic oxidation sites excluding steroid dienone is 1. The number of hydrogen-bond donors (Lipinski definition) is 0. The molecule has 1 rings (SSSR count). The Morgan fingerprint density at radius 3 is 2.39 bits per heavy atom. The molecule has 3 nitrogen and oxygen atoms in total. The van der Waals surface area contributed by atoms with Crippen molar-refractivity contribution in [1.82, 2.24) is 0 Å². The van der Waals surface area contributed by atoms with Crippen LogP contribution in [0.3, 0.4) is 0 Å². The van der Waals surface area contributed by atoms with Gasteiger partial charge in [-0.15, -0.1) is 0 Å². The lowest BCUT2D eigenvalue weighted by molar-refractivity contribution is -0.116. The molecule has 0 aromatic carbocycles. The molecule has 0 spiro atoms. The predicted octanol–water partition coefficient (Wildman–Crippen LogP) is 5.08. The topological polar surface area (TPSA) is 35.5 Å². The number of ketones is 1. The highest BCUT2D eigenvalue weighted by Gasteiger charge is 2.27. The van der Waals surface area contributed by atoms with E-state index in [9.17, 15) is 4.79 Å². The molecule has 1 aliphatic carbocycles. The highest BCUT2D eigenvalue weighted by Crippen LogP contribution is 2.28. The van der Waals surface area contributed by atoms with Crippen molar-refractivity contribution in [2.24, 2.45) is 5.92 Å². The van der Waals surface area contributed by atoms with Gasteiger partial charge in [-0.3, -0.25) is 4.79 Å². The van der Waals surface area contributed by atoms with E-state index in [1.165, 1.54) is 25.7 Å². The van der Waals surface area contributed by atoms with Gasteiger partial charge in [-0.25, -0.2) is 0 Å². The molecule has 0 aromatic rings. The van der Waals surface area contributed by atoms with Crippen LogP contribution in [-0.2, 0) is 14.3 Å². The van der Waals surface area contributed by atoms with Gasteiger partial charge in [0, 0.05) is 25.6 Å². The van der Waals surface area contributed by atoms with Crippen molar-refractivity contribution < 1.29 is 14.3 Å². The molecular formula is C20H36O3. The van der Waals surface area contributed by atoms with E-state index >= 15 is 0 Å².